The molecule has 1 saturated heterocycles. The molecule has 0 aromatic carbocycles. The topological polar surface area (TPSA) is 46.6 Å². The number of rotatable bonds is 2. The zero-order chi connectivity index (χ0) is 9.84. The van der Waals surface area contributed by atoms with E-state index in [9.17, 15) is 9.59 Å². The molecule has 13 heavy (non-hydrogen) atoms. The van der Waals surface area contributed by atoms with Crippen LogP contribution in [-0.2, 0) is 14.3 Å². The van der Waals surface area contributed by atoms with Crippen molar-refractivity contribution in [3.05, 3.63) is 0 Å². The minimum Gasteiger partial charge on any atom is -0.378 e. The van der Waals surface area contributed by atoms with E-state index in [1.165, 1.54) is 6.92 Å². The maximum atomic E-state index is 11.5. The smallest absolute Gasteiger partial charge is 0.248 e. The Kier molecular flexibility index (Phi) is 3.69. The first kappa shape index (κ1) is 10.5. The highest BCUT2D eigenvalue weighted by Crippen LogP contribution is 2.06. The van der Waals surface area contributed by atoms with Crippen LogP contribution in [0.15, 0.2) is 0 Å². The van der Waals surface area contributed by atoms with Gasteiger partial charge in [-0.3, -0.25) is 9.59 Å². The maximum Gasteiger partial charge on any atom is 0.248 e. The van der Waals surface area contributed by atoms with Gasteiger partial charge in [-0.1, -0.05) is 0 Å². The second-order valence-corrected chi connectivity index (χ2v) is 3.35. The predicted octanol–water partition coefficient (Wildman–Crippen LogP) is 0.0416. The molecule has 0 bridgehead atoms. The monoisotopic (exact) mass is 205 g/mol. The van der Waals surface area contributed by atoms with Crippen molar-refractivity contribution in [2.45, 2.75) is 12.3 Å². The Morgan fingerprint density at radius 3 is 2.38 bits per heavy atom. The van der Waals surface area contributed by atoms with Crippen molar-refractivity contribution in [1.82, 2.24) is 4.90 Å². The third-order valence-electron chi connectivity index (χ3n) is 1.90. The van der Waals surface area contributed by atoms with Gasteiger partial charge in [0.15, 0.2) is 11.2 Å². The lowest BCUT2D eigenvalue weighted by atomic mass is 10.2. The number of amides is 1. The minimum atomic E-state index is -1.03. The molecule has 0 aromatic rings. The molecule has 1 rings (SSSR count). The van der Waals surface area contributed by atoms with Gasteiger partial charge in [0.25, 0.3) is 0 Å². The van der Waals surface area contributed by atoms with E-state index in [1.807, 2.05) is 0 Å². The Labute approximate surface area is 81.8 Å². The zero-order valence-electron chi connectivity index (χ0n) is 7.46. The molecule has 1 heterocycles. The van der Waals surface area contributed by atoms with Crippen molar-refractivity contribution >= 4 is 23.3 Å². The summed E-state index contributed by atoms with van der Waals surface area (Å²) in [5, 5.41) is -1.03. The van der Waals surface area contributed by atoms with Gasteiger partial charge in [-0.05, 0) is 6.92 Å². The van der Waals surface area contributed by atoms with Gasteiger partial charge in [0.2, 0.25) is 5.91 Å². The Balaban J connectivity index is 2.50. The summed E-state index contributed by atoms with van der Waals surface area (Å²) in [5.41, 5.74) is 0. The van der Waals surface area contributed by atoms with Crippen LogP contribution in [-0.4, -0.2) is 48.3 Å². The SMILES string of the molecule is CC(=O)[C@@H](Cl)C(=O)N1CCOCC1. The van der Waals surface area contributed by atoms with E-state index in [0.29, 0.717) is 26.3 Å². The lowest BCUT2D eigenvalue weighted by Gasteiger charge is -2.27. The van der Waals surface area contributed by atoms with Gasteiger partial charge in [0.1, 0.15) is 0 Å². The summed E-state index contributed by atoms with van der Waals surface area (Å²) in [6.45, 7) is 3.40. The fraction of sp³-hybridized carbons (Fsp3) is 0.750. The molecule has 74 valence electrons. The van der Waals surface area contributed by atoms with Gasteiger partial charge >= 0.3 is 0 Å². The Bertz CT molecular complexity index is 213. The highest BCUT2D eigenvalue weighted by Gasteiger charge is 2.26. The minimum absolute atomic E-state index is 0.307. The van der Waals surface area contributed by atoms with Crippen LogP contribution < -0.4 is 0 Å². The first-order chi connectivity index (χ1) is 6.13. The number of carbonyl (C=O) groups excluding carboxylic acids is 2. The lowest BCUT2D eigenvalue weighted by Crippen LogP contribution is -2.45. The van der Waals surface area contributed by atoms with Crippen LogP contribution in [0.2, 0.25) is 0 Å². The van der Waals surface area contributed by atoms with Gasteiger partial charge in [0, 0.05) is 13.1 Å². The summed E-state index contributed by atoms with van der Waals surface area (Å²) >= 11 is 5.62. The number of ether oxygens (including phenoxy) is 1. The van der Waals surface area contributed by atoms with Gasteiger partial charge in [-0.15, -0.1) is 11.6 Å². The summed E-state index contributed by atoms with van der Waals surface area (Å²) in [4.78, 5) is 23.8. The van der Waals surface area contributed by atoms with Crippen molar-refractivity contribution in [2.75, 3.05) is 26.3 Å². The standard InChI is InChI=1S/C8H12ClNO3/c1-6(11)7(9)8(12)10-2-4-13-5-3-10/h7H,2-5H2,1H3/t7-/m1/s1. The van der Waals surface area contributed by atoms with Crippen LogP contribution in [0, 0.1) is 0 Å². The number of morpholine rings is 1. The Hall–Kier alpha value is -0.610. The van der Waals surface area contributed by atoms with E-state index in [0.717, 1.165) is 0 Å². The molecular formula is C8H12ClNO3. The number of carbonyl (C=O) groups is 2. The second kappa shape index (κ2) is 4.58. The van der Waals surface area contributed by atoms with Crippen molar-refractivity contribution in [3.63, 3.8) is 0 Å². The second-order valence-electron chi connectivity index (χ2n) is 2.91. The molecule has 1 fully saturated rings. The molecule has 1 amide bonds. The number of hydrogen-bond acceptors (Lipinski definition) is 3. The van der Waals surface area contributed by atoms with E-state index in [1.54, 1.807) is 4.90 Å². The molecule has 1 atom stereocenters. The van der Waals surface area contributed by atoms with Gasteiger partial charge in [0.05, 0.1) is 13.2 Å². The Morgan fingerprint density at radius 1 is 1.38 bits per heavy atom. The normalized spacial score (nSPS) is 19.7. The van der Waals surface area contributed by atoms with Crippen molar-refractivity contribution in [2.24, 2.45) is 0 Å². The summed E-state index contributed by atoms with van der Waals surface area (Å²) in [7, 11) is 0. The summed E-state index contributed by atoms with van der Waals surface area (Å²) in [6.07, 6.45) is 0. The molecular weight excluding hydrogens is 194 g/mol. The van der Waals surface area contributed by atoms with Crippen LogP contribution in [0.3, 0.4) is 0 Å². The average Bonchev–Trinajstić information content (AvgIpc) is 2.17. The molecule has 0 radical (unpaired) electrons. The van der Waals surface area contributed by atoms with Gasteiger partial charge in [-0.2, -0.15) is 0 Å². The molecule has 0 unspecified atom stereocenters. The predicted molar refractivity (Wildman–Crippen MR) is 47.7 cm³/mol. The fourth-order valence-corrected chi connectivity index (χ4v) is 1.26. The van der Waals surface area contributed by atoms with Crippen LogP contribution in [0.1, 0.15) is 6.92 Å². The molecule has 1 aliphatic rings. The summed E-state index contributed by atoms with van der Waals surface area (Å²) in [5.74, 6) is -0.615. The van der Waals surface area contributed by atoms with Crippen molar-refractivity contribution in [1.29, 1.82) is 0 Å². The quantitative estimate of drug-likeness (QED) is 0.473. The van der Waals surface area contributed by atoms with E-state index in [-0.39, 0.29) is 11.7 Å². The first-order valence-electron chi connectivity index (χ1n) is 4.14. The average molecular weight is 206 g/mol. The third kappa shape index (κ3) is 2.67. The molecule has 0 aromatic heterocycles. The summed E-state index contributed by atoms with van der Waals surface area (Å²) < 4.78 is 5.07. The number of nitrogens with zero attached hydrogens (tertiary/aromatic N) is 1. The molecule has 0 N–H and O–H groups in total. The number of halogens is 1. The molecule has 0 saturated carbocycles. The van der Waals surface area contributed by atoms with E-state index >= 15 is 0 Å². The van der Waals surface area contributed by atoms with E-state index in [2.05, 4.69) is 0 Å². The van der Waals surface area contributed by atoms with Gasteiger partial charge < -0.3 is 9.64 Å². The van der Waals surface area contributed by atoms with E-state index in [4.69, 9.17) is 16.3 Å². The zero-order valence-corrected chi connectivity index (χ0v) is 8.21. The van der Waals surface area contributed by atoms with Crippen LogP contribution in [0.5, 0.6) is 0 Å². The van der Waals surface area contributed by atoms with E-state index < -0.39 is 5.38 Å². The number of ketones is 1. The number of alkyl halides is 1. The lowest BCUT2D eigenvalue weighted by molar-refractivity contribution is -0.137. The Morgan fingerprint density at radius 2 is 1.92 bits per heavy atom. The highest BCUT2D eigenvalue weighted by atomic mass is 35.5. The van der Waals surface area contributed by atoms with Crippen molar-refractivity contribution < 1.29 is 14.3 Å². The maximum absolute atomic E-state index is 11.5. The fourth-order valence-electron chi connectivity index (χ4n) is 1.12. The largest absolute Gasteiger partial charge is 0.378 e. The molecule has 5 heteroatoms. The van der Waals surface area contributed by atoms with Crippen LogP contribution >= 0.6 is 11.6 Å². The van der Waals surface area contributed by atoms with Gasteiger partial charge in [-0.25, -0.2) is 0 Å². The molecule has 0 spiro atoms. The van der Waals surface area contributed by atoms with Crippen LogP contribution in [0.4, 0.5) is 0 Å². The van der Waals surface area contributed by atoms with Crippen molar-refractivity contribution in [3.8, 4) is 0 Å². The third-order valence-corrected chi connectivity index (χ3v) is 2.39. The first-order valence-corrected chi connectivity index (χ1v) is 4.57. The van der Waals surface area contributed by atoms with Crippen LogP contribution in [0.25, 0.3) is 0 Å². The summed E-state index contributed by atoms with van der Waals surface area (Å²) in [6, 6.07) is 0. The molecule has 0 aliphatic carbocycles. The highest BCUT2D eigenvalue weighted by molar-refractivity contribution is 6.41. The number of Topliss-reactive ketones (excluding diaryl/α,β-unsaturated/α-hetero) is 1. The molecule has 1 aliphatic heterocycles. The number of hydrogen-bond donors (Lipinski definition) is 0. The molecule has 4 nitrogen and oxygen atoms in total.